The first kappa shape index (κ1) is 14.2. The van der Waals surface area contributed by atoms with Gasteiger partial charge in [0, 0.05) is 7.05 Å². The molecule has 0 aliphatic carbocycles. The smallest absolute Gasteiger partial charge is 0.244 e. The molecule has 1 atom stereocenters. The van der Waals surface area contributed by atoms with Crippen molar-refractivity contribution in [3.05, 3.63) is 29.8 Å². The summed E-state index contributed by atoms with van der Waals surface area (Å²) < 4.78 is 0. The summed E-state index contributed by atoms with van der Waals surface area (Å²) in [5, 5.41) is 9.03. The summed E-state index contributed by atoms with van der Waals surface area (Å²) in [5.41, 5.74) is 6.69. The molecule has 96 valence electrons. The minimum atomic E-state index is -0.603. The van der Waals surface area contributed by atoms with Crippen LogP contribution in [0.2, 0.25) is 0 Å². The van der Waals surface area contributed by atoms with Gasteiger partial charge in [-0.05, 0) is 17.5 Å². The van der Waals surface area contributed by atoms with Crippen molar-refractivity contribution in [2.24, 2.45) is 11.1 Å². The summed E-state index contributed by atoms with van der Waals surface area (Å²) in [7, 11) is 1.64. The maximum Gasteiger partial charge on any atom is 0.244 e. The Morgan fingerprint density at radius 2 is 1.94 bits per heavy atom. The molecule has 0 spiro atoms. The summed E-state index contributed by atoms with van der Waals surface area (Å²) >= 11 is 0. The molecule has 0 aliphatic rings. The average molecular weight is 245 g/mol. The van der Waals surface area contributed by atoms with Crippen molar-refractivity contribution < 1.29 is 4.79 Å². The van der Waals surface area contributed by atoms with E-state index in [0.717, 1.165) is 0 Å². The Balaban J connectivity index is 3.05. The molecule has 0 unspecified atom stereocenters. The van der Waals surface area contributed by atoms with E-state index in [1.165, 1.54) is 4.90 Å². The summed E-state index contributed by atoms with van der Waals surface area (Å²) in [6, 6.07) is 8.46. The van der Waals surface area contributed by atoms with Crippen molar-refractivity contribution in [2.45, 2.75) is 26.8 Å². The van der Waals surface area contributed by atoms with Gasteiger partial charge in [0.1, 0.15) is 6.07 Å². The highest BCUT2D eigenvalue weighted by Crippen LogP contribution is 2.23. The van der Waals surface area contributed by atoms with Crippen molar-refractivity contribution in [1.29, 1.82) is 5.26 Å². The van der Waals surface area contributed by atoms with Gasteiger partial charge in [-0.2, -0.15) is 5.26 Å². The maximum absolute atomic E-state index is 12.2. The molecule has 1 rings (SSSR count). The molecule has 0 saturated heterocycles. The van der Waals surface area contributed by atoms with Crippen molar-refractivity contribution in [3.63, 3.8) is 0 Å². The second-order valence-corrected chi connectivity index (χ2v) is 5.37. The number of likely N-dealkylation sites (N-methyl/N-ethyl adjacent to an activating group) is 1. The molecule has 18 heavy (non-hydrogen) atoms. The molecule has 1 aromatic carbocycles. The zero-order chi connectivity index (χ0) is 13.9. The lowest BCUT2D eigenvalue weighted by molar-refractivity contribution is -0.121. The average Bonchev–Trinajstić information content (AvgIpc) is 2.34. The van der Waals surface area contributed by atoms with E-state index < -0.39 is 6.04 Å². The molecule has 0 aromatic heterocycles. The first-order chi connectivity index (χ1) is 8.29. The van der Waals surface area contributed by atoms with E-state index in [4.69, 9.17) is 11.0 Å². The third kappa shape index (κ3) is 2.88. The summed E-state index contributed by atoms with van der Waals surface area (Å²) in [5.74, 6) is -0.190. The van der Waals surface area contributed by atoms with Crippen LogP contribution < -0.4 is 10.6 Å². The zero-order valence-electron chi connectivity index (χ0n) is 11.3. The van der Waals surface area contributed by atoms with Crippen molar-refractivity contribution in [3.8, 4) is 6.07 Å². The number of carbonyl (C=O) groups is 1. The number of para-hydroxylation sites is 1. The molecule has 0 aliphatic heterocycles. The Bertz CT molecular complexity index is 483. The van der Waals surface area contributed by atoms with Gasteiger partial charge < -0.3 is 10.6 Å². The first-order valence-corrected chi connectivity index (χ1v) is 5.81. The molecular weight excluding hydrogens is 226 g/mol. The predicted molar refractivity (Wildman–Crippen MR) is 72.0 cm³/mol. The predicted octanol–water partition coefficient (Wildman–Crippen LogP) is 1.89. The Morgan fingerprint density at radius 3 is 2.44 bits per heavy atom. The second-order valence-electron chi connectivity index (χ2n) is 5.37. The largest absolute Gasteiger partial charge is 0.319 e. The van der Waals surface area contributed by atoms with E-state index in [9.17, 15) is 4.79 Å². The van der Waals surface area contributed by atoms with Gasteiger partial charge >= 0.3 is 0 Å². The van der Waals surface area contributed by atoms with Crippen LogP contribution in [0.5, 0.6) is 0 Å². The van der Waals surface area contributed by atoms with Crippen LogP contribution in [0.25, 0.3) is 0 Å². The molecule has 0 radical (unpaired) electrons. The van der Waals surface area contributed by atoms with E-state index >= 15 is 0 Å². The monoisotopic (exact) mass is 245 g/mol. The third-order valence-electron chi connectivity index (χ3n) is 2.92. The molecule has 4 heteroatoms. The molecule has 1 aromatic rings. The van der Waals surface area contributed by atoms with Gasteiger partial charge in [0.05, 0.1) is 17.3 Å². The number of hydrogen-bond acceptors (Lipinski definition) is 3. The number of anilines is 1. The van der Waals surface area contributed by atoms with Crippen molar-refractivity contribution in [2.75, 3.05) is 11.9 Å². The lowest BCUT2D eigenvalue weighted by Crippen LogP contribution is -2.49. The van der Waals surface area contributed by atoms with Crippen molar-refractivity contribution >= 4 is 11.6 Å². The van der Waals surface area contributed by atoms with E-state index in [0.29, 0.717) is 11.3 Å². The summed E-state index contributed by atoms with van der Waals surface area (Å²) in [4.78, 5) is 13.7. The van der Waals surface area contributed by atoms with Gasteiger partial charge in [-0.15, -0.1) is 0 Å². The zero-order valence-corrected chi connectivity index (χ0v) is 11.3. The number of carbonyl (C=O) groups excluding carboxylic acids is 1. The molecular formula is C14H19N3O. The van der Waals surface area contributed by atoms with Crippen LogP contribution in [0.3, 0.4) is 0 Å². The van der Waals surface area contributed by atoms with Gasteiger partial charge in [0.15, 0.2) is 0 Å². The fourth-order valence-electron chi connectivity index (χ4n) is 1.56. The van der Waals surface area contributed by atoms with Crippen LogP contribution in [0.1, 0.15) is 26.3 Å². The van der Waals surface area contributed by atoms with Gasteiger partial charge in [0.2, 0.25) is 5.91 Å². The highest BCUT2D eigenvalue weighted by Gasteiger charge is 2.30. The molecule has 0 saturated carbocycles. The molecule has 0 heterocycles. The Kier molecular flexibility index (Phi) is 4.10. The van der Waals surface area contributed by atoms with Gasteiger partial charge in [0.25, 0.3) is 0 Å². The van der Waals surface area contributed by atoms with E-state index in [-0.39, 0.29) is 11.3 Å². The highest BCUT2D eigenvalue weighted by atomic mass is 16.2. The lowest BCUT2D eigenvalue weighted by Gasteiger charge is -2.30. The van der Waals surface area contributed by atoms with E-state index in [1.54, 1.807) is 31.3 Å². The number of benzene rings is 1. The number of nitriles is 1. The topological polar surface area (TPSA) is 70.1 Å². The molecule has 0 bridgehead atoms. The number of amides is 1. The van der Waals surface area contributed by atoms with Crippen molar-refractivity contribution in [1.82, 2.24) is 0 Å². The molecule has 0 fully saturated rings. The van der Waals surface area contributed by atoms with E-state index in [2.05, 4.69) is 6.07 Å². The van der Waals surface area contributed by atoms with Crippen LogP contribution in [0.4, 0.5) is 5.69 Å². The Labute approximate surface area is 108 Å². The van der Waals surface area contributed by atoms with Crippen LogP contribution in [-0.4, -0.2) is 19.0 Å². The van der Waals surface area contributed by atoms with Crippen LogP contribution in [0.15, 0.2) is 24.3 Å². The van der Waals surface area contributed by atoms with Crippen LogP contribution in [-0.2, 0) is 4.79 Å². The van der Waals surface area contributed by atoms with Crippen LogP contribution in [0, 0.1) is 16.7 Å². The minimum absolute atomic E-state index is 0.190. The number of nitrogens with two attached hydrogens (primary N) is 1. The number of hydrogen-bond donors (Lipinski definition) is 1. The van der Waals surface area contributed by atoms with Gasteiger partial charge in [-0.1, -0.05) is 32.9 Å². The standard InChI is InChI=1S/C14H19N3O/c1-14(2,3)12(16)13(18)17(4)11-8-6-5-7-10(11)9-15/h5-8,12H,16H2,1-4H3/t12-/m0/s1. The first-order valence-electron chi connectivity index (χ1n) is 5.81. The summed E-state index contributed by atoms with van der Waals surface area (Å²) in [6.07, 6.45) is 0. The fourth-order valence-corrected chi connectivity index (χ4v) is 1.56. The van der Waals surface area contributed by atoms with Crippen LogP contribution >= 0.6 is 0 Å². The number of rotatable bonds is 2. The summed E-state index contributed by atoms with van der Waals surface area (Å²) in [6.45, 7) is 5.75. The maximum atomic E-state index is 12.2. The van der Waals surface area contributed by atoms with E-state index in [1.807, 2.05) is 20.8 Å². The highest BCUT2D eigenvalue weighted by molar-refractivity contribution is 5.98. The number of nitrogens with zero attached hydrogens (tertiary/aromatic N) is 2. The fraction of sp³-hybridized carbons (Fsp3) is 0.429. The third-order valence-corrected chi connectivity index (χ3v) is 2.92. The normalized spacial score (nSPS) is 12.7. The Morgan fingerprint density at radius 1 is 1.39 bits per heavy atom. The quantitative estimate of drug-likeness (QED) is 0.865. The van der Waals surface area contributed by atoms with Gasteiger partial charge in [-0.25, -0.2) is 0 Å². The molecule has 1 amide bonds. The SMILES string of the molecule is CN(C(=O)[C@H](N)C(C)(C)C)c1ccccc1C#N. The minimum Gasteiger partial charge on any atom is -0.319 e. The lowest BCUT2D eigenvalue weighted by atomic mass is 9.86. The second kappa shape index (κ2) is 5.19. The Hall–Kier alpha value is -1.86. The molecule has 4 nitrogen and oxygen atoms in total. The van der Waals surface area contributed by atoms with Gasteiger partial charge in [-0.3, -0.25) is 4.79 Å². The molecule has 2 N–H and O–H groups in total.